The van der Waals surface area contributed by atoms with Crippen molar-refractivity contribution in [2.75, 3.05) is 18.8 Å². The van der Waals surface area contributed by atoms with Crippen LogP contribution >= 0.6 is 12.4 Å². The van der Waals surface area contributed by atoms with Gasteiger partial charge in [0.15, 0.2) is 0 Å². The fourth-order valence-corrected chi connectivity index (χ4v) is 4.87. The van der Waals surface area contributed by atoms with Gasteiger partial charge in [0.05, 0.1) is 5.75 Å². The molecule has 2 rings (SSSR count). The molecule has 0 amide bonds. The van der Waals surface area contributed by atoms with E-state index in [0.29, 0.717) is 24.9 Å². The molecular formula is C11H23ClN2O2S. The summed E-state index contributed by atoms with van der Waals surface area (Å²) in [6.45, 7) is 5.18. The number of halogens is 1. The van der Waals surface area contributed by atoms with E-state index >= 15 is 0 Å². The number of fused-ring (bicyclic) bond motifs is 2. The lowest BCUT2D eigenvalue weighted by Gasteiger charge is -2.35. The maximum absolute atomic E-state index is 12.1. The van der Waals surface area contributed by atoms with E-state index in [1.54, 1.807) is 4.31 Å². The number of piperidine rings is 1. The van der Waals surface area contributed by atoms with E-state index in [1.165, 1.54) is 0 Å². The molecule has 2 aliphatic rings. The molecule has 1 aliphatic heterocycles. The second kappa shape index (κ2) is 5.43. The second-order valence-corrected chi connectivity index (χ2v) is 7.68. The van der Waals surface area contributed by atoms with E-state index in [2.05, 4.69) is 0 Å². The highest BCUT2D eigenvalue weighted by molar-refractivity contribution is 7.89. The molecule has 0 aromatic rings. The summed E-state index contributed by atoms with van der Waals surface area (Å²) in [5, 5.41) is 0. The van der Waals surface area contributed by atoms with Gasteiger partial charge >= 0.3 is 0 Å². The van der Waals surface area contributed by atoms with Gasteiger partial charge in [-0.2, -0.15) is 0 Å². The Labute approximate surface area is 110 Å². The second-order valence-electron chi connectivity index (χ2n) is 5.66. The van der Waals surface area contributed by atoms with Crippen LogP contribution in [-0.2, 0) is 10.0 Å². The summed E-state index contributed by atoms with van der Waals surface area (Å²) in [5.41, 5.74) is 6.07. The highest BCUT2D eigenvalue weighted by Crippen LogP contribution is 2.36. The van der Waals surface area contributed by atoms with Crippen LogP contribution in [0.2, 0.25) is 0 Å². The lowest BCUT2D eigenvalue weighted by molar-refractivity contribution is 0.228. The molecule has 102 valence electrons. The van der Waals surface area contributed by atoms with Crippen LogP contribution in [0, 0.1) is 17.8 Å². The molecule has 0 radical (unpaired) electrons. The summed E-state index contributed by atoms with van der Waals surface area (Å²) in [6, 6.07) is 0.227. The van der Waals surface area contributed by atoms with Crippen LogP contribution < -0.4 is 5.73 Å². The van der Waals surface area contributed by atoms with E-state index in [0.717, 1.165) is 12.8 Å². The summed E-state index contributed by atoms with van der Waals surface area (Å²) < 4.78 is 25.9. The van der Waals surface area contributed by atoms with Gasteiger partial charge in [0.25, 0.3) is 0 Å². The van der Waals surface area contributed by atoms with Crippen molar-refractivity contribution in [3.8, 4) is 0 Å². The lowest BCUT2D eigenvalue weighted by atomic mass is 9.95. The molecule has 0 spiro atoms. The van der Waals surface area contributed by atoms with Crippen molar-refractivity contribution < 1.29 is 8.42 Å². The third-order valence-corrected chi connectivity index (χ3v) is 5.98. The van der Waals surface area contributed by atoms with Gasteiger partial charge in [0.1, 0.15) is 0 Å². The van der Waals surface area contributed by atoms with Crippen molar-refractivity contribution >= 4 is 22.4 Å². The van der Waals surface area contributed by atoms with Crippen molar-refractivity contribution in [1.29, 1.82) is 0 Å². The molecule has 6 heteroatoms. The Morgan fingerprint density at radius 2 is 1.71 bits per heavy atom. The number of sulfonamides is 1. The van der Waals surface area contributed by atoms with Crippen molar-refractivity contribution in [1.82, 2.24) is 4.31 Å². The zero-order chi connectivity index (χ0) is 11.9. The minimum absolute atomic E-state index is 0. The highest BCUT2D eigenvalue weighted by Gasteiger charge is 2.43. The van der Waals surface area contributed by atoms with Gasteiger partial charge < -0.3 is 5.73 Å². The predicted octanol–water partition coefficient (Wildman–Crippen LogP) is 1.06. The number of rotatable bonds is 3. The number of nitrogens with two attached hydrogens (primary N) is 1. The van der Waals surface area contributed by atoms with E-state index < -0.39 is 10.0 Å². The maximum atomic E-state index is 12.1. The zero-order valence-corrected chi connectivity index (χ0v) is 12.1. The monoisotopic (exact) mass is 282 g/mol. The molecule has 1 aliphatic carbocycles. The van der Waals surface area contributed by atoms with E-state index in [-0.39, 0.29) is 30.1 Å². The Morgan fingerprint density at radius 1 is 1.24 bits per heavy atom. The zero-order valence-electron chi connectivity index (χ0n) is 10.5. The van der Waals surface area contributed by atoms with Gasteiger partial charge in [-0.15, -0.1) is 12.4 Å². The molecule has 1 heterocycles. The molecular weight excluding hydrogens is 260 g/mol. The van der Waals surface area contributed by atoms with Crippen molar-refractivity contribution in [3.63, 3.8) is 0 Å². The van der Waals surface area contributed by atoms with Crippen LogP contribution in [-0.4, -0.2) is 37.6 Å². The van der Waals surface area contributed by atoms with E-state index in [9.17, 15) is 8.42 Å². The van der Waals surface area contributed by atoms with Crippen LogP contribution in [0.15, 0.2) is 0 Å². The SMILES string of the molecule is CC(C)CS(=O)(=O)N1C[C@H]2CC[C@@H](C1)C2N.Cl. The first-order valence-electron chi connectivity index (χ1n) is 6.13. The Balaban J connectivity index is 0.00000144. The van der Waals surface area contributed by atoms with Gasteiger partial charge in [-0.1, -0.05) is 13.8 Å². The first kappa shape index (κ1) is 15.2. The molecule has 17 heavy (non-hydrogen) atoms. The summed E-state index contributed by atoms with van der Waals surface area (Å²) in [4.78, 5) is 0. The van der Waals surface area contributed by atoms with Gasteiger partial charge in [-0.05, 0) is 30.6 Å². The molecule has 0 aromatic heterocycles. The quantitative estimate of drug-likeness (QED) is 0.842. The van der Waals surface area contributed by atoms with E-state index in [1.807, 2.05) is 13.8 Å². The number of nitrogens with zero attached hydrogens (tertiary/aromatic N) is 1. The third kappa shape index (κ3) is 3.13. The largest absolute Gasteiger partial charge is 0.327 e. The lowest BCUT2D eigenvalue weighted by Crippen LogP contribution is -2.51. The molecule has 2 N–H and O–H groups in total. The molecule has 1 saturated heterocycles. The molecule has 1 unspecified atom stereocenters. The Hall–Kier alpha value is 0.160. The standard InChI is InChI=1S/C11H22N2O2S.ClH/c1-8(2)7-16(14,15)13-5-9-3-4-10(6-13)11(9)12;/h8-11H,3-7,12H2,1-2H3;1H/t9-,10+,11?;. The summed E-state index contributed by atoms with van der Waals surface area (Å²) in [7, 11) is -3.05. The fraction of sp³-hybridized carbons (Fsp3) is 1.00. The molecule has 3 atom stereocenters. The number of hydrogen-bond donors (Lipinski definition) is 1. The fourth-order valence-electron chi connectivity index (χ4n) is 2.98. The molecule has 1 saturated carbocycles. The average molecular weight is 283 g/mol. The maximum Gasteiger partial charge on any atom is 0.214 e. The van der Waals surface area contributed by atoms with Crippen molar-refractivity contribution in [2.45, 2.75) is 32.7 Å². The normalized spacial score (nSPS) is 33.8. The van der Waals surface area contributed by atoms with Crippen LogP contribution in [0.4, 0.5) is 0 Å². The van der Waals surface area contributed by atoms with Crippen molar-refractivity contribution in [2.24, 2.45) is 23.5 Å². The van der Waals surface area contributed by atoms with Gasteiger partial charge in [0, 0.05) is 19.1 Å². The summed E-state index contributed by atoms with van der Waals surface area (Å²) in [6.07, 6.45) is 2.19. The van der Waals surface area contributed by atoms with E-state index in [4.69, 9.17) is 5.73 Å². The minimum Gasteiger partial charge on any atom is -0.327 e. The minimum atomic E-state index is -3.05. The first-order valence-corrected chi connectivity index (χ1v) is 7.74. The number of hydrogen-bond acceptors (Lipinski definition) is 3. The average Bonchev–Trinajstić information content (AvgIpc) is 2.39. The van der Waals surface area contributed by atoms with Crippen LogP contribution in [0.5, 0.6) is 0 Å². The molecule has 0 aromatic carbocycles. The summed E-state index contributed by atoms with van der Waals surface area (Å²) >= 11 is 0. The van der Waals surface area contributed by atoms with Crippen LogP contribution in [0.25, 0.3) is 0 Å². The third-order valence-electron chi connectivity index (χ3n) is 3.81. The van der Waals surface area contributed by atoms with Gasteiger partial charge in [-0.3, -0.25) is 0 Å². The Kier molecular flexibility index (Phi) is 4.86. The summed E-state index contributed by atoms with van der Waals surface area (Å²) in [5.74, 6) is 1.24. The smallest absolute Gasteiger partial charge is 0.214 e. The Bertz CT molecular complexity index is 344. The van der Waals surface area contributed by atoms with Gasteiger partial charge in [-0.25, -0.2) is 12.7 Å². The Morgan fingerprint density at radius 3 is 2.12 bits per heavy atom. The van der Waals surface area contributed by atoms with Crippen LogP contribution in [0.3, 0.4) is 0 Å². The molecule has 2 bridgehead atoms. The first-order chi connectivity index (χ1) is 7.40. The predicted molar refractivity (Wildman–Crippen MR) is 71.6 cm³/mol. The molecule has 2 fully saturated rings. The van der Waals surface area contributed by atoms with Gasteiger partial charge in [0.2, 0.25) is 10.0 Å². The topological polar surface area (TPSA) is 63.4 Å². The van der Waals surface area contributed by atoms with Crippen molar-refractivity contribution in [3.05, 3.63) is 0 Å². The molecule has 4 nitrogen and oxygen atoms in total. The highest BCUT2D eigenvalue weighted by atomic mass is 35.5. The van der Waals surface area contributed by atoms with Crippen LogP contribution in [0.1, 0.15) is 26.7 Å².